The number of aryl methyl sites for hydroxylation is 2. The Balaban J connectivity index is 0.910. The predicted octanol–water partition coefficient (Wildman–Crippen LogP) is 4.43. The summed E-state index contributed by atoms with van der Waals surface area (Å²) in [6, 6.07) is 8.40. The molecular weight excluding hydrogens is 668 g/mol. The van der Waals surface area contributed by atoms with E-state index in [2.05, 4.69) is 42.5 Å². The number of pyridine rings is 1. The number of hydrogen-bond acceptors (Lipinski definition) is 9. The van der Waals surface area contributed by atoms with Crippen molar-refractivity contribution in [2.24, 2.45) is 19.1 Å². The number of carbonyl (C=O) groups is 4. The van der Waals surface area contributed by atoms with Crippen molar-refractivity contribution in [1.82, 2.24) is 29.0 Å². The number of aliphatic imine (C=N–C) groups is 1. The van der Waals surface area contributed by atoms with Crippen molar-refractivity contribution in [3.63, 3.8) is 0 Å². The largest absolute Gasteiger partial charge is 0.493 e. The number of aromatic nitrogens is 5. The van der Waals surface area contributed by atoms with Gasteiger partial charge in [0.2, 0.25) is 11.7 Å². The average Bonchev–Trinajstić information content (AvgIpc) is 3.90. The van der Waals surface area contributed by atoms with E-state index in [-0.39, 0.29) is 48.4 Å². The molecule has 1 fully saturated rings. The summed E-state index contributed by atoms with van der Waals surface area (Å²) in [6.45, 7) is 4.70. The van der Waals surface area contributed by atoms with E-state index in [1.54, 1.807) is 66.6 Å². The van der Waals surface area contributed by atoms with Crippen LogP contribution in [0.1, 0.15) is 50.7 Å². The van der Waals surface area contributed by atoms with Crippen LogP contribution in [-0.2, 0) is 18.9 Å². The summed E-state index contributed by atoms with van der Waals surface area (Å²) in [7, 11) is 4.82. The molecule has 0 radical (unpaired) electrons. The topological polar surface area (TPSA) is 190 Å². The van der Waals surface area contributed by atoms with Crippen LogP contribution in [0, 0.1) is 0 Å². The second-order valence-electron chi connectivity index (χ2n) is 12.6. The van der Waals surface area contributed by atoms with E-state index in [1.165, 1.54) is 17.9 Å². The number of nitrogens with one attached hydrogen (secondary N) is 4. The zero-order chi connectivity index (χ0) is 36.5. The van der Waals surface area contributed by atoms with Gasteiger partial charge in [0.05, 0.1) is 48.6 Å². The van der Waals surface area contributed by atoms with Crippen LogP contribution in [0.4, 0.5) is 22.9 Å². The fourth-order valence-corrected chi connectivity index (χ4v) is 6.21. The van der Waals surface area contributed by atoms with Gasteiger partial charge in [-0.25, -0.2) is 9.97 Å². The molecule has 0 aliphatic carbocycles. The summed E-state index contributed by atoms with van der Waals surface area (Å²) in [5.74, 6) is -0.283. The van der Waals surface area contributed by atoms with Gasteiger partial charge in [-0.15, -0.1) is 0 Å². The van der Waals surface area contributed by atoms with Crippen LogP contribution in [0.25, 0.3) is 11.0 Å². The van der Waals surface area contributed by atoms with Gasteiger partial charge in [0.1, 0.15) is 11.3 Å². The van der Waals surface area contributed by atoms with Crippen molar-refractivity contribution < 1.29 is 28.7 Å². The van der Waals surface area contributed by atoms with Gasteiger partial charge >= 0.3 is 0 Å². The molecule has 4 amide bonds. The van der Waals surface area contributed by atoms with Gasteiger partial charge in [-0.2, -0.15) is 0 Å². The summed E-state index contributed by atoms with van der Waals surface area (Å²) in [5, 5.41) is 9.16. The minimum Gasteiger partial charge on any atom is -0.493 e. The minimum atomic E-state index is -0.525. The number of methoxy groups -OCH3 is 1. The maximum atomic E-state index is 13.2. The zero-order valence-corrected chi connectivity index (χ0v) is 28.7. The van der Waals surface area contributed by atoms with E-state index >= 15 is 0 Å². The fraction of sp³-hybridized carbons (Fsp3) is 0.250. The highest BCUT2D eigenvalue weighted by molar-refractivity contribution is 6.07. The van der Waals surface area contributed by atoms with Crippen LogP contribution in [-0.4, -0.2) is 85.1 Å². The number of hydrogen-bond donors (Lipinski definition) is 4. The number of fused-ring (bicyclic) bond motifs is 3. The molecule has 7 rings (SSSR count). The number of nitrogens with zero attached hydrogens (tertiary/aromatic N) is 6. The Morgan fingerprint density at radius 3 is 2.67 bits per heavy atom. The SMILES string of the molecule is C=C1CC2C=Nc3cc(OCCCC(=O)Nc4cn(C)c(C(=O)Nc5cc(C(=O)Nc6cnc7[nH]ccc7c6)n(C)c5)n4)c(OC)cc3C(=O)N2C1. The summed E-state index contributed by atoms with van der Waals surface area (Å²) in [6.07, 6.45) is 9.40. The molecule has 1 aromatic carbocycles. The van der Waals surface area contributed by atoms with Gasteiger partial charge in [-0.1, -0.05) is 12.2 Å². The molecule has 0 spiro atoms. The number of amides is 4. The molecule has 5 aromatic rings. The number of carbonyl (C=O) groups excluding carboxylic acids is 4. The van der Waals surface area contributed by atoms with Crippen LogP contribution < -0.4 is 25.4 Å². The Labute approximate surface area is 297 Å². The number of imidazole rings is 1. The highest BCUT2D eigenvalue weighted by Crippen LogP contribution is 2.38. The van der Waals surface area contributed by atoms with Crippen LogP contribution in [0.15, 0.2) is 72.3 Å². The molecule has 0 saturated carbocycles. The second kappa shape index (κ2) is 13.9. The smallest absolute Gasteiger partial charge is 0.291 e. The van der Waals surface area contributed by atoms with Gasteiger partial charge in [0.15, 0.2) is 17.3 Å². The molecule has 1 saturated heterocycles. The lowest BCUT2D eigenvalue weighted by atomic mass is 10.1. The second-order valence-corrected chi connectivity index (χ2v) is 12.6. The molecule has 4 N–H and O–H groups in total. The lowest BCUT2D eigenvalue weighted by Gasteiger charge is -2.20. The number of aromatic amines is 1. The number of benzene rings is 1. The van der Waals surface area contributed by atoms with Crippen molar-refractivity contribution in [2.75, 3.05) is 36.2 Å². The normalized spacial score (nSPS) is 14.9. The van der Waals surface area contributed by atoms with E-state index in [4.69, 9.17) is 9.47 Å². The molecule has 266 valence electrons. The molecular formula is C36H36N10O6. The number of rotatable bonds is 11. The first-order chi connectivity index (χ1) is 25.1. The molecule has 2 aliphatic heterocycles. The Morgan fingerprint density at radius 2 is 1.85 bits per heavy atom. The van der Waals surface area contributed by atoms with Crippen molar-refractivity contribution in [3.05, 3.63) is 84.4 Å². The van der Waals surface area contributed by atoms with E-state index in [0.717, 1.165) is 11.0 Å². The summed E-state index contributed by atoms with van der Waals surface area (Å²) < 4.78 is 14.5. The fourth-order valence-electron chi connectivity index (χ4n) is 6.21. The first-order valence-electron chi connectivity index (χ1n) is 16.5. The third-order valence-electron chi connectivity index (χ3n) is 8.76. The van der Waals surface area contributed by atoms with E-state index < -0.39 is 5.91 Å². The molecule has 6 heterocycles. The molecule has 0 bridgehead atoms. The van der Waals surface area contributed by atoms with Crippen molar-refractivity contribution >= 4 is 63.8 Å². The Hall–Kier alpha value is -6.71. The number of anilines is 3. The van der Waals surface area contributed by atoms with E-state index in [1.807, 2.05) is 12.1 Å². The zero-order valence-electron chi connectivity index (χ0n) is 28.7. The Morgan fingerprint density at radius 1 is 1.02 bits per heavy atom. The summed E-state index contributed by atoms with van der Waals surface area (Å²) >= 11 is 0. The van der Waals surface area contributed by atoms with Crippen LogP contribution in [0.3, 0.4) is 0 Å². The van der Waals surface area contributed by atoms with Gasteiger partial charge in [-0.05, 0) is 37.1 Å². The third-order valence-corrected chi connectivity index (χ3v) is 8.76. The predicted molar refractivity (Wildman–Crippen MR) is 194 cm³/mol. The number of ether oxygens (including phenoxy) is 2. The maximum Gasteiger partial charge on any atom is 0.291 e. The molecule has 4 aromatic heterocycles. The first-order valence-corrected chi connectivity index (χ1v) is 16.5. The van der Waals surface area contributed by atoms with Gasteiger partial charge in [-0.3, -0.25) is 24.2 Å². The summed E-state index contributed by atoms with van der Waals surface area (Å²) in [5.41, 5.74) is 3.86. The van der Waals surface area contributed by atoms with Crippen molar-refractivity contribution in [3.8, 4) is 11.5 Å². The van der Waals surface area contributed by atoms with Gasteiger partial charge in [0, 0.05) is 63.3 Å². The molecule has 16 nitrogen and oxygen atoms in total. The van der Waals surface area contributed by atoms with E-state index in [9.17, 15) is 19.2 Å². The first kappa shape index (κ1) is 33.8. The Kier molecular flexibility index (Phi) is 9.02. The molecule has 52 heavy (non-hydrogen) atoms. The maximum absolute atomic E-state index is 13.2. The third kappa shape index (κ3) is 6.85. The van der Waals surface area contributed by atoms with Gasteiger partial charge in [0.25, 0.3) is 17.7 Å². The molecule has 16 heteroatoms. The van der Waals surface area contributed by atoms with Crippen LogP contribution in [0.5, 0.6) is 11.5 Å². The highest BCUT2D eigenvalue weighted by Gasteiger charge is 2.34. The highest BCUT2D eigenvalue weighted by atomic mass is 16.5. The molecule has 2 aliphatic rings. The van der Waals surface area contributed by atoms with E-state index in [0.29, 0.717) is 64.9 Å². The van der Waals surface area contributed by atoms with Crippen LogP contribution >= 0.6 is 0 Å². The van der Waals surface area contributed by atoms with Crippen molar-refractivity contribution in [2.45, 2.75) is 25.3 Å². The van der Waals surface area contributed by atoms with Crippen molar-refractivity contribution in [1.29, 1.82) is 0 Å². The standard InChI is InChI=1S/C36H36N10O6/c1-20-10-24-16-38-26-14-29(28(51-4)13-25(26)36(50)46(24)17-20)52-9-5-6-31(47)42-30-19-45(3)33(43-30)35(49)41-23-12-27(44(2)18-23)34(48)40-22-11-21-7-8-37-32(21)39-15-22/h7-8,11-16,18-19,24H,1,5-6,9-10,17H2,2-4H3,(H,37,39)(H,40,48)(H,41,49)(H,42,47). The molecule has 1 unspecified atom stereocenters. The monoisotopic (exact) mass is 704 g/mol. The van der Waals surface area contributed by atoms with Gasteiger partial charge < -0.3 is 44.4 Å². The summed E-state index contributed by atoms with van der Waals surface area (Å²) in [4.78, 5) is 69.9. The van der Waals surface area contributed by atoms with Crippen LogP contribution in [0.2, 0.25) is 0 Å². The molecule has 1 atom stereocenters. The Bertz CT molecular complexity index is 2280. The lowest BCUT2D eigenvalue weighted by molar-refractivity contribution is -0.116. The minimum absolute atomic E-state index is 0.0566. The average molecular weight is 705 g/mol. The quantitative estimate of drug-likeness (QED) is 0.115. The lowest BCUT2D eigenvalue weighted by Crippen LogP contribution is -2.35. The number of H-pyrrole nitrogens is 1.